The van der Waals surface area contributed by atoms with Crippen LogP contribution in [0, 0.1) is 0 Å². The predicted octanol–water partition coefficient (Wildman–Crippen LogP) is 9.84. The van der Waals surface area contributed by atoms with Crippen molar-refractivity contribution in [3.8, 4) is 11.1 Å². The van der Waals surface area contributed by atoms with Gasteiger partial charge in [-0.05, 0) is 0 Å². The van der Waals surface area contributed by atoms with E-state index in [0.717, 1.165) is 6.42 Å². The first-order chi connectivity index (χ1) is 16.8. The Hall–Kier alpha value is -0.400. The molecule has 0 nitrogen and oxygen atoms in total. The van der Waals surface area contributed by atoms with E-state index in [1.54, 1.807) is 22.3 Å². The van der Waals surface area contributed by atoms with Crippen molar-refractivity contribution in [2.45, 2.75) is 113 Å². The molecule has 0 spiro atoms. The zero-order chi connectivity index (χ0) is 26.4. The van der Waals surface area contributed by atoms with Crippen molar-refractivity contribution in [3.63, 3.8) is 0 Å². The van der Waals surface area contributed by atoms with E-state index >= 15 is 0 Å². The molecule has 210 valence electrons. The van der Waals surface area contributed by atoms with Gasteiger partial charge in [0.15, 0.2) is 0 Å². The van der Waals surface area contributed by atoms with Crippen LogP contribution in [0.15, 0.2) is 51.8 Å². The third-order valence-corrected chi connectivity index (χ3v) is 35.6. The van der Waals surface area contributed by atoms with Crippen LogP contribution in [0.1, 0.15) is 110 Å². The van der Waals surface area contributed by atoms with E-state index in [1.807, 2.05) is 6.55 Å². The van der Waals surface area contributed by atoms with Gasteiger partial charge in [0.25, 0.3) is 0 Å². The van der Waals surface area contributed by atoms with Crippen molar-refractivity contribution in [3.05, 3.63) is 74.1 Å². The molecular formula is C34H52Cl2SiZr. The Kier molecular flexibility index (Phi) is 10.9. The van der Waals surface area contributed by atoms with Crippen LogP contribution in [0.4, 0.5) is 0 Å². The standard InChI is InChI=1S/C21H25.C5H5.2C4H9.2ClH.H2Si.Zr/c1-20(2,3)16-7-9-18-14(12-16)11-15-13-17(21(4,5)6)8-10-19(15)18;1-2-4-5-3-1;2*1-3-4-2;;;;/h7-10,12H,11H2,1-6H3;1-3H,4H2;2*1,3-4H2,2H3;2*1H;1H2;. The van der Waals surface area contributed by atoms with Gasteiger partial charge >= 0.3 is 226 Å². The van der Waals surface area contributed by atoms with Gasteiger partial charge in [0, 0.05) is 0 Å². The van der Waals surface area contributed by atoms with Crippen LogP contribution in [-0.4, -0.2) is 6.88 Å². The van der Waals surface area contributed by atoms with Crippen LogP contribution < -0.4 is 3.27 Å². The van der Waals surface area contributed by atoms with Gasteiger partial charge in [0.05, 0.1) is 0 Å². The van der Waals surface area contributed by atoms with Gasteiger partial charge < -0.3 is 0 Å². The van der Waals surface area contributed by atoms with E-state index in [0.29, 0.717) is 0 Å². The number of halogens is 2. The average molecular weight is 651 g/mol. The van der Waals surface area contributed by atoms with E-state index in [9.17, 15) is 0 Å². The molecule has 0 radical (unpaired) electrons. The van der Waals surface area contributed by atoms with Crippen LogP contribution in [-0.2, 0) is 34.6 Å². The molecule has 2 aliphatic rings. The Balaban J connectivity index is 0.00000253. The van der Waals surface area contributed by atoms with Crippen molar-refractivity contribution in [2.24, 2.45) is 0 Å². The topological polar surface area (TPSA) is 0 Å². The minimum absolute atomic E-state index is 0. The normalized spacial score (nSPS) is 14.9. The smallest absolute Gasteiger partial charge is 0.147 e. The van der Waals surface area contributed by atoms with Crippen LogP contribution >= 0.6 is 24.8 Å². The average Bonchev–Trinajstić information content (AvgIpc) is 3.48. The number of fused-ring (bicyclic) bond motifs is 3. The minimum Gasteiger partial charge on any atom is -0.147 e. The summed E-state index contributed by atoms with van der Waals surface area (Å²) < 4.78 is 6.66. The molecular weight excluding hydrogens is 599 g/mol. The zero-order valence-corrected chi connectivity index (χ0v) is 30.8. The number of hydrogen-bond donors (Lipinski definition) is 0. The quantitative estimate of drug-likeness (QED) is 0.213. The van der Waals surface area contributed by atoms with Gasteiger partial charge in [-0.25, -0.2) is 0 Å². The third kappa shape index (κ3) is 5.95. The largest absolute Gasteiger partial charge is 0.147 e. The number of unbranched alkanes of at least 4 members (excludes halogenated alkanes) is 2. The Morgan fingerprint density at radius 1 is 0.816 bits per heavy atom. The maximum Gasteiger partial charge on any atom is -0.147 e. The van der Waals surface area contributed by atoms with Gasteiger partial charge in [-0.2, -0.15) is 0 Å². The van der Waals surface area contributed by atoms with Crippen LogP contribution in [0.25, 0.3) is 11.1 Å². The first kappa shape index (κ1) is 33.8. The number of hydrogen-bond acceptors (Lipinski definition) is 0. The first-order valence-electron chi connectivity index (χ1n) is 14.5. The van der Waals surface area contributed by atoms with Crippen LogP contribution in [0.2, 0.25) is 8.26 Å². The maximum atomic E-state index is 2.58. The molecule has 0 saturated carbocycles. The minimum atomic E-state index is -3.61. The summed E-state index contributed by atoms with van der Waals surface area (Å²) in [5.41, 5.74) is 9.76. The summed E-state index contributed by atoms with van der Waals surface area (Å²) in [6.45, 7) is 21.8. The summed E-state index contributed by atoms with van der Waals surface area (Å²) >= 11 is -3.61. The fourth-order valence-corrected chi connectivity index (χ4v) is 32.4. The monoisotopic (exact) mass is 648 g/mol. The van der Waals surface area contributed by atoms with Gasteiger partial charge in [-0.15, -0.1) is 24.8 Å². The van der Waals surface area contributed by atoms with Crippen molar-refractivity contribution in [1.82, 2.24) is 0 Å². The number of benzene rings is 2. The molecule has 2 aromatic carbocycles. The number of allylic oxidation sites excluding steroid dienone is 4. The zero-order valence-electron chi connectivity index (χ0n) is 25.3. The summed E-state index contributed by atoms with van der Waals surface area (Å²) in [6.07, 6.45) is 15.0. The second-order valence-electron chi connectivity index (χ2n) is 14.0. The fourth-order valence-electron chi connectivity index (χ4n) is 7.11. The molecule has 2 aromatic rings. The van der Waals surface area contributed by atoms with E-state index < -0.39 is 17.4 Å². The van der Waals surface area contributed by atoms with E-state index in [2.05, 4.69) is 111 Å². The van der Waals surface area contributed by atoms with Gasteiger partial charge in [-0.1, -0.05) is 0 Å². The molecule has 4 heteroatoms. The predicted molar refractivity (Wildman–Crippen MR) is 176 cm³/mol. The Morgan fingerprint density at radius 2 is 1.42 bits per heavy atom. The van der Waals surface area contributed by atoms with E-state index in [4.69, 9.17) is 0 Å². The molecule has 0 fully saturated rings. The van der Waals surface area contributed by atoms with Gasteiger partial charge in [-0.3, -0.25) is 0 Å². The molecule has 4 rings (SSSR count). The van der Waals surface area contributed by atoms with Gasteiger partial charge in [0.1, 0.15) is 0 Å². The first-order valence-corrected chi connectivity index (χ1v) is 26.4. The Labute approximate surface area is 248 Å². The van der Waals surface area contributed by atoms with Gasteiger partial charge in [0.2, 0.25) is 0 Å². The Bertz CT molecular complexity index is 1270. The third-order valence-electron chi connectivity index (χ3n) is 9.29. The molecule has 0 aliphatic heterocycles. The number of rotatable bonds is 8. The summed E-state index contributed by atoms with van der Waals surface area (Å²) in [6, 6.07) is 12.4. The molecule has 0 atom stereocenters. The van der Waals surface area contributed by atoms with E-state index in [-0.39, 0.29) is 35.6 Å². The Morgan fingerprint density at radius 3 is 1.92 bits per heavy atom. The molecule has 38 heavy (non-hydrogen) atoms. The van der Waals surface area contributed by atoms with E-state index in [1.165, 1.54) is 51.5 Å². The molecule has 0 amide bonds. The summed E-state index contributed by atoms with van der Waals surface area (Å²) in [5.74, 6) is 0. The maximum absolute atomic E-state index is 3.61. The molecule has 2 aliphatic carbocycles. The molecule has 0 aromatic heterocycles. The van der Waals surface area contributed by atoms with Crippen molar-refractivity contribution < 1.29 is 17.4 Å². The summed E-state index contributed by atoms with van der Waals surface area (Å²) in [7, 11) is 0. The molecule has 0 heterocycles. The summed E-state index contributed by atoms with van der Waals surface area (Å²) in [4.78, 5) is 0. The van der Waals surface area contributed by atoms with Crippen LogP contribution in [0.3, 0.4) is 0 Å². The SMILES string of the molecule is CCC[CH2][Zr](=[SiH2])([CH2]CCC)([C]1=CC=CC1)[c]1c(C(C)(C)C)ccc2c1Cc1cc(C(C)(C)C)ccc1-2.Cl.Cl. The van der Waals surface area contributed by atoms with Crippen LogP contribution in [0.5, 0.6) is 0 Å². The van der Waals surface area contributed by atoms with Crippen molar-refractivity contribution in [1.29, 1.82) is 0 Å². The molecule has 0 N–H and O–H groups in total. The summed E-state index contributed by atoms with van der Waals surface area (Å²) in [5, 5.41) is 0. The second-order valence-corrected chi connectivity index (χ2v) is 38.9. The molecule has 0 saturated heterocycles. The van der Waals surface area contributed by atoms with Crippen molar-refractivity contribution >= 4 is 35.0 Å². The molecule has 0 unspecified atom stereocenters. The second kappa shape index (κ2) is 12.2. The fraction of sp³-hybridized carbons (Fsp3) is 0.529. The molecule has 0 bridgehead atoms. The van der Waals surface area contributed by atoms with Crippen molar-refractivity contribution in [2.75, 3.05) is 0 Å².